The number of hydrogen-bond acceptors (Lipinski definition) is 5. The summed E-state index contributed by atoms with van der Waals surface area (Å²) in [6, 6.07) is 22.7. The second-order valence-electron chi connectivity index (χ2n) is 7.84. The molecule has 4 rings (SSSR count). The predicted molar refractivity (Wildman–Crippen MR) is 136 cm³/mol. The van der Waals surface area contributed by atoms with E-state index in [2.05, 4.69) is 0 Å². The smallest absolute Gasteiger partial charge is 0.336 e. The molecule has 37 heavy (non-hydrogen) atoms. The number of rotatable bonds is 8. The van der Waals surface area contributed by atoms with Crippen LogP contribution in [0, 0.1) is 0 Å². The van der Waals surface area contributed by atoms with Crippen molar-refractivity contribution in [2.75, 3.05) is 0 Å². The molecule has 0 saturated heterocycles. The summed E-state index contributed by atoms with van der Waals surface area (Å²) in [5.74, 6) is -5.38. The van der Waals surface area contributed by atoms with Crippen LogP contribution in [0.2, 0.25) is 0 Å². The van der Waals surface area contributed by atoms with Gasteiger partial charge in [-0.1, -0.05) is 60.3 Å². The van der Waals surface area contributed by atoms with Crippen molar-refractivity contribution in [3.05, 3.63) is 107 Å². The van der Waals surface area contributed by atoms with Gasteiger partial charge < -0.3 is 20.4 Å². The Hall–Kier alpha value is -4.89. The lowest BCUT2D eigenvalue weighted by Crippen LogP contribution is -2.08. The average molecular weight is 515 g/mol. The largest absolute Gasteiger partial charge is 0.478 e. The van der Waals surface area contributed by atoms with Crippen molar-refractivity contribution in [2.24, 2.45) is 0 Å². The summed E-state index contributed by atoms with van der Waals surface area (Å²) < 4.78 is 0. The van der Waals surface area contributed by atoms with Crippen molar-refractivity contribution in [3.8, 4) is 22.3 Å². The Labute approximate surface area is 214 Å². The van der Waals surface area contributed by atoms with E-state index < -0.39 is 23.9 Å². The van der Waals surface area contributed by atoms with Gasteiger partial charge in [-0.3, -0.25) is 0 Å². The maximum atomic E-state index is 11.7. The Kier molecular flexibility index (Phi) is 7.08. The highest BCUT2D eigenvalue weighted by molar-refractivity contribution is 7.99. The van der Waals surface area contributed by atoms with Crippen LogP contribution in [0.5, 0.6) is 0 Å². The van der Waals surface area contributed by atoms with Crippen LogP contribution in [-0.4, -0.2) is 44.3 Å². The molecule has 0 fully saturated rings. The molecule has 184 valence electrons. The third kappa shape index (κ3) is 5.21. The Morgan fingerprint density at radius 1 is 0.459 bits per heavy atom. The van der Waals surface area contributed by atoms with E-state index in [0.29, 0.717) is 22.3 Å². The lowest BCUT2D eigenvalue weighted by atomic mass is 9.99. The van der Waals surface area contributed by atoms with Crippen molar-refractivity contribution in [2.45, 2.75) is 9.79 Å². The molecule has 0 unspecified atom stereocenters. The van der Waals surface area contributed by atoms with Gasteiger partial charge in [-0.25, -0.2) is 19.2 Å². The molecule has 0 amide bonds. The Balaban J connectivity index is 1.79. The van der Waals surface area contributed by atoms with Gasteiger partial charge in [0.2, 0.25) is 0 Å². The summed E-state index contributed by atoms with van der Waals surface area (Å²) in [6.45, 7) is 0. The van der Waals surface area contributed by atoms with Gasteiger partial charge in [-0.2, -0.15) is 0 Å². The van der Waals surface area contributed by atoms with Crippen LogP contribution in [-0.2, 0) is 0 Å². The van der Waals surface area contributed by atoms with Crippen LogP contribution in [0.4, 0.5) is 0 Å². The van der Waals surface area contributed by atoms with Gasteiger partial charge in [-0.15, -0.1) is 0 Å². The zero-order valence-corrected chi connectivity index (χ0v) is 19.7. The van der Waals surface area contributed by atoms with Crippen LogP contribution >= 0.6 is 11.8 Å². The fourth-order valence-electron chi connectivity index (χ4n) is 3.86. The summed E-state index contributed by atoms with van der Waals surface area (Å²) >= 11 is 1.35. The molecular formula is C28H18O8S. The summed E-state index contributed by atoms with van der Waals surface area (Å²) in [7, 11) is 0. The maximum absolute atomic E-state index is 11.7. The molecule has 9 heteroatoms. The number of carboxylic acid groups (broad SMARTS) is 4. The highest BCUT2D eigenvalue weighted by Gasteiger charge is 2.20. The van der Waals surface area contributed by atoms with Crippen molar-refractivity contribution in [1.82, 2.24) is 0 Å². The molecule has 0 heterocycles. The summed E-state index contributed by atoms with van der Waals surface area (Å²) in [4.78, 5) is 47.7. The van der Waals surface area contributed by atoms with Crippen LogP contribution in [0.15, 0.2) is 94.7 Å². The van der Waals surface area contributed by atoms with Gasteiger partial charge in [0.05, 0.1) is 22.3 Å². The molecular weight excluding hydrogens is 496 g/mol. The third-order valence-electron chi connectivity index (χ3n) is 5.58. The van der Waals surface area contributed by atoms with E-state index >= 15 is 0 Å². The Morgan fingerprint density at radius 2 is 0.811 bits per heavy atom. The molecule has 4 aromatic rings. The summed E-state index contributed by atoms with van der Waals surface area (Å²) in [5.41, 5.74) is 1.10. The number of carboxylic acids is 4. The first-order valence-corrected chi connectivity index (χ1v) is 11.6. The van der Waals surface area contributed by atoms with E-state index in [0.717, 1.165) is 9.79 Å². The standard InChI is InChI=1S/C28H18O8S/c29-25(30)19-11-9-15(13-21(19)27(33)34)17-5-1-3-7-23(17)37-24-8-4-2-6-18(24)16-10-12-20(26(31)32)22(14-16)28(35)36/h1-14H,(H,29,30)(H,31,32)(H,33,34)(H,35,36). The first kappa shape index (κ1) is 25.2. The minimum absolute atomic E-state index is 0.314. The second kappa shape index (κ2) is 10.4. The van der Waals surface area contributed by atoms with Gasteiger partial charge in [0, 0.05) is 9.79 Å². The van der Waals surface area contributed by atoms with Gasteiger partial charge in [-0.05, 0) is 58.7 Å². The van der Waals surface area contributed by atoms with Crippen LogP contribution in [0.3, 0.4) is 0 Å². The molecule has 0 spiro atoms. The molecule has 0 aliphatic rings. The van der Waals surface area contributed by atoms with Crippen molar-refractivity contribution < 1.29 is 39.6 Å². The Bertz CT molecular complexity index is 1460. The van der Waals surface area contributed by atoms with Crippen molar-refractivity contribution in [1.29, 1.82) is 0 Å². The van der Waals surface area contributed by atoms with E-state index in [-0.39, 0.29) is 22.3 Å². The van der Waals surface area contributed by atoms with E-state index in [1.54, 1.807) is 36.4 Å². The van der Waals surface area contributed by atoms with E-state index in [4.69, 9.17) is 0 Å². The van der Waals surface area contributed by atoms with Crippen LogP contribution in [0.25, 0.3) is 22.3 Å². The second-order valence-corrected chi connectivity index (χ2v) is 8.92. The molecule has 0 radical (unpaired) electrons. The minimum Gasteiger partial charge on any atom is -0.478 e. The van der Waals surface area contributed by atoms with Crippen molar-refractivity contribution in [3.63, 3.8) is 0 Å². The predicted octanol–water partition coefficient (Wildman–Crippen LogP) is 5.96. The monoisotopic (exact) mass is 514 g/mol. The maximum Gasteiger partial charge on any atom is 0.336 e. The van der Waals surface area contributed by atoms with Gasteiger partial charge in [0.15, 0.2) is 0 Å². The molecule has 0 aliphatic carbocycles. The van der Waals surface area contributed by atoms with Crippen molar-refractivity contribution >= 4 is 35.6 Å². The molecule has 0 bridgehead atoms. The third-order valence-corrected chi connectivity index (χ3v) is 6.73. The first-order chi connectivity index (χ1) is 17.7. The summed E-state index contributed by atoms with van der Waals surface area (Å²) in [6.07, 6.45) is 0. The van der Waals surface area contributed by atoms with Gasteiger partial charge in [0.1, 0.15) is 0 Å². The first-order valence-electron chi connectivity index (χ1n) is 10.7. The van der Waals surface area contributed by atoms with Crippen LogP contribution < -0.4 is 0 Å². The Morgan fingerprint density at radius 3 is 1.16 bits per heavy atom. The number of aromatic carboxylic acids is 4. The summed E-state index contributed by atoms with van der Waals surface area (Å²) in [5, 5.41) is 37.7. The number of benzene rings is 4. The highest BCUT2D eigenvalue weighted by atomic mass is 32.2. The molecule has 4 aromatic carbocycles. The lowest BCUT2D eigenvalue weighted by molar-refractivity contribution is 0.0651. The topological polar surface area (TPSA) is 149 Å². The van der Waals surface area contributed by atoms with Gasteiger partial charge >= 0.3 is 23.9 Å². The highest BCUT2D eigenvalue weighted by Crippen LogP contribution is 2.41. The van der Waals surface area contributed by atoms with Crippen LogP contribution in [0.1, 0.15) is 41.4 Å². The van der Waals surface area contributed by atoms with E-state index in [9.17, 15) is 39.6 Å². The molecule has 4 N–H and O–H groups in total. The average Bonchev–Trinajstić information content (AvgIpc) is 2.88. The zero-order valence-electron chi connectivity index (χ0n) is 18.9. The molecule has 0 aromatic heterocycles. The fraction of sp³-hybridized carbons (Fsp3) is 0. The quantitative estimate of drug-likeness (QED) is 0.223. The van der Waals surface area contributed by atoms with E-state index in [1.807, 2.05) is 24.3 Å². The van der Waals surface area contributed by atoms with Gasteiger partial charge in [0.25, 0.3) is 0 Å². The number of hydrogen-bond donors (Lipinski definition) is 4. The normalized spacial score (nSPS) is 10.6. The SMILES string of the molecule is O=C(O)c1ccc(-c2ccccc2Sc2ccccc2-c2ccc(C(=O)O)c(C(=O)O)c2)cc1C(=O)O. The molecule has 0 aliphatic heterocycles. The minimum atomic E-state index is -1.35. The lowest BCUT2D eigenvalue weighted by Gasteiger charge is -2.14. The number of carbonyl (C=O) groups is 4. The molecule has 0 atom stereocenters. The molecule has 8 nitrogen and oxygen atoms in total. The zero-order chi connectivity index (χ0) is 26.7. The molecule has 0 saturated carbocycles. The van der Waals surface area contributed by atoms with E-state index in [1.165, 1.54) is 36.0 Å². The fourth-order valence-corrected chi connectivity index (χ4v) is 4.98.